The lowest BCUT2D eigenvalue weighted by Crippen LogP contribution is -3.00. The summed E-state index contributed by atoms with van der Waals surface area (Å²) in [6, 6.07) is 0. The molecule has 0 aromatic carbocycles. The van der Waals surface area contributed by atoms with E-state index < -0.39 is 5.72 Å². The predicted molar refractivity (Wildman–Crippen MR) is 164 cm³/mol. The second-order valence-corrected chi connectivity index (χ2v) is 12.0. The van der Waals surface area contributed by atoms with E-state index in [1.54, 1.807) is 0 Å². The van der Waals surface area contributed by atoms with Crippen LogP contribution in [0.1, 0.15) is 96.3 Å². The molecule has 2 aliphatic heterocycles. The number of hydrogen-bond acceptors (Lipinski definition) is 5. The summed E-state index contributed by atoms with van der Waals surface area (Å²) in [4.78, 5) is 10.6. The highest BCUT2D eigenvalue weighted by molar-refractivity contribution is 8.00. The zero-order valence-electron chi connectivity index (χ0n) is 24.0. The first kappa shape index (κ1) is 35.4. The van der Waals surface area contributed by atoms with Crippen molar-refractivity contribution in [3.8, 4) is 0 Å². The van der Waals surface area contributed by atoms with Crippen molar-refractivity contribution in [2.45, 2.75) is 107 Å². The highest BCUT2D eigenvalue weighted by atomic mass is 35.5. The first-order valence-corrected chi connectivity index (χ1v) is 15.9. The van der Waals surface area contributed by atoms with Gasteiger partial charge < -0.3 is 40.4 Å². The van der Waals surface area contributed by atoms with Crippen LogP contribution in [0.3, 0.4) is 0 Å². The van der Waals surface area contributed by atoms with Crippen molar-refractivity contribution < 1.29 is 22.1 Å². The molecule has 226 valence electrons. The Hall–Kier alpha value is -1.65. The Bertz CT molecular complexity index is 786. The molecule has 2 rings (SSSR count). The lowest BCUT2D eigenvalue weighted by atomic mass is 9.99. The van der Waals surface area contributed by atoms with Gasteiger partial charge in [0.1, 0.15) is 0 Å². The highest BCUT2D eigenvalue weighted by Crippen LogP contribution is 2.41. The highest BCUT2D eigenvalue weighted by Gasteiger charge is 2.57. The minimum atomic E-state index is -0.797. The number of thioether (sulfide) groups is 1. The molecule has 11 heteroatoms. The number of nitrogens with two attached hydrogens (primary N) is 4. The Balaban J connectivity index is 0.00000760. The molecular formula is C28H55ClN8OS. The molecule has 0 aliphatic carbocycles. The molecule has 0 aromatic heterocycles. The van der Waals surface area contributed by atoms with Crippen LogP contribution in [0, 0.1) is 0 Å². The molecule has 0 spiro atoms. The van der Waals surface area contributed by atoms with Crippen LogP contribution in [-0.2, 0) is 0 Å². The van der Waals surface area contributed by atoms with Gasteiger partial charge in [0, 0.05) is 25.1 Å². The maximum Gasteiger partial charge on any atom is 0.250 e. The fraction of sp³-hybridized carbons (Fsp3) is 0.821. The van der Waals surface area contributed by atoms with Crippen LogP contribution in [0.5, 0.6) is 0 Å². The van der Waals surface area contributed by atoms with Crippen LogP contribution in [-0.4, -0.2) is 81.8 Å². The second-order valence-electron chi connectivity index (χ2n) is 10.7. The van der Waals surface area contributed by atoms with E-state index in [2.05, 4.69) is 26.0 Å². The Morgan fingerprint density at radius 3 is 2.23 bits per heavy atom. The molecule has 2 aliphatic rings. The number of amidine groups is 1. The molecule has 2 heterocycles. The van der Waals surface area contributed by atoms with E-state index in [1.165, 1.54) is 50.8 Å². The number of unbranched alkanes of at least 4 members (excludes halogenated alkanes) is 10. The van der Waals surface area contributed by atoms with Gasteiger partial charge in [-0.25, -0.2) is 4.90 Å². The Kier molecular flexibility index (Phi) is 18.4. The van der Waals surface area contributed by atoms with E-state index in [0.717, 1.165) is 76.8 Å². The number of halogens is 1. The first-order valence-electron chi connectivity index (χ1n) is 14.8. The average molecular weight is 587 g/mol. The lowest BCUT2D eigenvalue weighted by Gasteiger charge is -2.35. The van der Waals surface area contributed by atoms with Crippen molar-refractivity contribution in [1.29, 1.82) is 0 Å². The Morgan fingerprint density at radius 2 is 1.56 bits per heavy atom. The molecule has 1 fully saturated rings. The molecule has 39 heavy (non-hydrogen) atoms. The van der Waals surface area contributed by atoms with E-state index >= 15 is 0 Å². The third-order valence-corrected chi connectivity index (χ3v) is 8.99. The summed E-state index contributed by atoms with van der Waals surface area (Å²) in [7, 11) is 0. The van der Waals surface area contributed by atoms with E-state index in [0.29, 0.717) is 13.1 Å². The van der Waals surface area contributed by atoms with Crippen molar-refractivity contribution in [2.75, 3.05) is 38.5 Å². The quantitative estimate of drug-likeness (QED) is 0.0420. The van der Waals surface area contributed by atoms with E-state index in [-0.39, 0.29) is 29.6 Å². The number of guanidine groups is 2. The van der Waals surface area contributed by atoms with Crippen LogP contribution in [0.4, 0.5) is 0 Å². The molecule has 0 radical (unpaired) electrons. The molecule has 9 N–H and O–H groups in total. The fourth-order valence-corrected chi connectivity index (χ4v) is 6.90. The lowest BCUT2D eigenvalue weighted by molar-refractivity contribution is -0.540. The molecule has 0 bridgehead atoms. The molecular weight excluding hydrogens is 532 g/mol. The summed E-state index contributed by atoms with van der Waals surface area (Å²) in [5.41, 5.74) is 21.1. The van der Waals surface area contributed by atoms with Crippen LogP contribution in [0.25, 0.3) is 0 Å². The smallest absolute Gasteiger partial charge is 0.250 e. The van der Waals surface area contributed by atoms with Gasteiger partial charge in [0.05, 0.1) is 37.8 Å². The number of aliphatic hydroxyl groups is 1. The molecule has 2 atom stereocenters. The van der Waals surface area contributed by atoms with Gasteiger partial charge in [-0.3, -0.25) is 14.6 Å². The first-order chi connectivity index (χ1) is 18.4. The number of allylic oxidation sites excluding steroid dienone is 1. The number of fused-ring (bicyclic) bond motifs is 1. The van der Waals surface area contributed by atoms with Crippen LogP contribution in [0.2, 0.25) is 0 Å². The topological polar surface area (TPSA) is 155 Å². The summed E-state index contributed by atoms with van der Waals surface area (Å²) >= 11 is 1.82. The molecule has 1 saturated heterocycles. The van der Waals surface area contributed by atoms with Crippen molar-refractivity contribution in [3.05, 3.63) is 12.7 Å². The maximum atomic E-state index is 12.1. The van der Waals surface area contributed by atoms with Crippen molar-refractivity contribution in [3.63, 3.8) is 0 Å². The van der Waals surface area contributed by atoms with E-state index in [9.17, 15) is 5.11 Å². The molecule has 9 nitrogen and oxygen atoms in total. The van der Waals surface area contributed by atoms with Gasteiger partial charge in [-0.1, -0.05) is 44.6 Å². The van der Waals surface area contributed by atoms with Gasteiger partial charge >= 0.3 is 0 Å². The minimum Gasteiger partial charge on any atom is -1.00 e. The second kappa shape index (κ2) is 20.3. The summed E-state index contributed by atoms with van der Waals surface area (Å²) in [6.45, 7) is 8.09. The van der Waals surface area contributed by atoms with Gasteiger partial charge in [-0.2, -0.15) is 0 Å². The fourth-order valence-electron chi connectivity index (χ4n) is 5.64. The summed E-state index contributed by atoms with van der Waals surface area (Å²) in [6.07, 6.45) is 19.2. The standard InChI is InChI=1S/C28H55N8OS.ClH/c1-2-3-4-5-6-7-8-9-10-12-16-28(37)24(38-22-18-34-27(31)32)23-25-35(20-15-21-36(25)28)19-14-11-13-17-33-26(29)30;/h2,24,37H,1,3-23H2,(H4,29,30,33)(H4,31,32,34);1H/q+1;/p-1. The third kappa shape index (κ3) is 13.0. The molecule has 2 unspecified atom stereocenters. The number of aliphatic imine (C=N–C) groups is 2. The average Bonchev–Trinajstić information content (AvgIpc) is 3.17. The van der Waals surface area contributed by atoms with Gasteiger partial charge in [-0.15, -0.1) is 18.3 Å². The van der Waals surface area contributed by atoms with Crippen molar-refractivity contribution >= 4 is 29.5 Å². The SMILES string of the molecule is C=CCCCCCCCCCCC1(O)C(SCCN=C(N)N)CC2=[N+](CCCCCN=C(N)N)CCCN21.[Cl-]. The summed E-state index contributed by atoms with van der Waals surface area (Å²) in [5.74, 6) is 2.43. The largest absolute Gasteiger partial charge is 1.00 e. The third-order valence-electron chi connectivity index (χ3n) is 7.63. The van der Waals surface area contributed by atoms with Crippen LogP contribution < -0.4 is 35.3 Å². The van der Waals surface area contributed by atoms with Gasteiger partial charge in [0.15, 0.2) is 11.9 Å². The van der Waals surface area contributed by atoms with Gasteiger partial charge in [0.25, 0.3) is 5.84 Å². The van der Waals surface area contributed by atoms with E-state index in [4.69, 9.17) is 22.9 Å². The minimum absolute atomic E-state index is 0. The molecule has 0 aromatic rings. The van der Waals surface area contributed by atoms with Crippen molar-refractivity contribution in [1.82, 2.24) is 4.90 Å². The number of rotatable bonds is 21. The zero-order chi connectivity index (χ0) is 27.6. The van der Waals surface area contributed by atoms with Crippen molar-refractivity contribution in [2.24, 2.45) is 32.9 Å². The maximum absolute atomic E-state index is 12.1. The van der Waals surface area contributed by atoms with Gasteiger partial charge in [-0.05, 0) is 38.5 Å². The normalized spacial score (nSPS) is 20.3. The molecule has 0 amide bonds. The van der Waals surface area contributed by atoms with Crippen LogP contribution >= 0.6 is 11.8 Å². The summed E-state index contributed by atoms with van der Waals surface area (Å²) in [5, 5.41) is 12.3. The number of hydrogen-bond donors (Lipinski definition) is 5. The Labute approximate surface area is 247 Å². The van der Waals surface area contributed by atoms with E-state index in [1.807, 2.05) is 17.8 Å². The zero-order valence-corrected chi connectivity index (χ0v) is 25.6. The van der Waals surface area contributed by atoms with Crippen LogP contribution in [0.15, 0.2) is 22.6 Å². The monoisotopic (exact) mass is 586 g/mol. The van der Waals surface area contributed by atoms with Gasteiger partial charge in [0.2, 0.25) is 5.72 Å². The number of nitrogens with zero attached hydrogens (tertiary/aromatic N) is 4. The Morgan fingerprint density at radius 1 is 0.949 bits per heavy atom. The summed E-state index contributed by atoms with van der Waals surface area (Å²) < 4.78 is 2.51. The molecule has 0 saturated carbocycles. The predicted octanol–water partition coefficient (Wildman–Crippen LogP) is 0.105.